The predicted octanol–water partition coefficient (Wildman–Crippen LogP) is 3.50. The van der Waals surface area contributed by atoms with Crippen LogP contribution < -0.4 is 10.6 Å². The van der Waals surface area contributed by atoms with Crippen LogP contribution in [0.4, 0.5) is 24.5 Å². The first-order valence-corrected chi connectivity index (χ1v) is 7.25. The summed E-state index contributed by atoms with van der Waals surface area (Å²) in [5.41, 5.74) is 1.44. The topological polar surface area (TPSA) is 46.2 Å². The Bertz CT molecular complexity index is 635. The van der Waals surface area contributed by atoms with Gasteiger partial charge in [-0.05, 0) is 36.4 Å². The number of anilines is 2. The molecule has 23 heavy (non-hydrogen) atoms. The number of hydrogen-bond acceptors (Lipinski definition) is 4. The zero-order valence-electron chi connectivity index (χ0n) is 12.2. The molecule has 0 aliphatic carbocycles. The standard InChI is InChI=1S/C16H16F3N3O/c17-16(18,19)11-1-3-12(4-2-11)22-13-5-6-14(21-9-13)15-10-20-7-8-23-15/h1-6,9,15,20,22H,7-8,10H2/t15-/m0/s1. The van der Waals surface area contributed by atoms with Gasteiger partial charge in [0.1, 0.15) is 6.10 Å². The molecule has 1 aliphatic rings. The second kappa shape index (κ2) is 6.55. The zero-order valence-corrected chi connectivity index (χ0v) is 12.2. The quantitative estimate of drug-likeness (QED) is 0.907. The minimum absolute atomic E-state index is 0.0659. The summed E-state index contributed by atoms with van der Waals surface area (Å²) in [5, 5.41) is 6.26. The normalized spacial score (nSPS) is 18.7. The SMILES string of the molecule is FC(F)(F)c1ccc(Nc2ccc([C@@H]3CNCCO3)nc2)cc1. The van der Waals surface area contributed by atoms with Crippen LogP contribution in [0.2, 0.25) is 0 Å². The zero-order chi connectivity index (χ0) is 16.3. The van der Waals surface area contributed by atoms with Gasteiger partial charge < -0.3 is 15.4 Å². The monoisotopic (exact) mass is 323 g/mol. The van der Waals surface area contributed by atoms with E-state index in [-0.39, 0.29) is 6.10 Å². The van der Waals surface area contributed by atoms with Gasteiger partial charge in [-0.3, -0.25) is 4.98 Å². The number of alkyl halides is 3. The lowest BCUT2D eigenvalue weighted by molar-refractivity contribution is -0.137. The summed E-state index contributed by atoms with van der Waals surface area (Å²) in [6.45, 7) is 2.21. The average Bonchev–Trinajstić information content (AvgIpc) is 2.56. The first kappa shape index (κ1) is 15.8. The highest BCUT2D eigenvalue weighted by Crippen LogP contribution is 2.30. The lowest BCUT2D eigenvalue weighted by Gasteiger charge is -2.23. The van der Waals surface area contributed by atoms with Gasteiger partial charge >= 0.3 is 6.18 Å². The number of halogens is 3. The van der Waals surface area contributed by atoms with E-state index in [1.807, 2.05) is 12.1 Å². The van der Waals surface area contributed by atoms with Crippen molar-refractivity contribution in [1.29, 1.82) is 0 Å². The number of benzene rings is 1. The Morgan fingerprint density at radius 3 is 2.39 bits per heavy atom. The summed E-state index contributed by atoms with van der Waals surface area (Å²) in [4.78, 5) is 4.35. The molecule has 7 heteroatoms. The molecule has 2 N–H and O–H groups in total. The molecule has 1 aromatic heterocycles. The second-order valence-corrected chi connectivity index (χ2v) is 5.24. The van der Waals surface area contributed by atoms with E-state index >= 15 is 0 Å². The van der Waals surface area contributed by atoms with E-state index in [9.17, 15) is 13.2 Å². The van der Waals surface area contributed by atoms with Crippen LogP contribution in [-0.4, -0.2) is 24.7 Å². The van der Waals surface area contributed by atoms with E-state index in [4.69, 9.17) is 4.74 Å². The highest BCUT2D eigenvalue weighted by Gasteiger charge is 2.29. The fraction of sp³-hybridized carbons (Fsp3) is 0.312. The summed E-state index contributed by atoms with van der Waals surface area (Å²) >= 11 is 0. The lowest BCUT2D eigenvalue weighted by Crippen LogP contribution is -2.33. The summed E-state index contributed by atoms with van der Waals surface area (Å²) < 4.78 is 43.2. The second-order valence-electron chi connectivity index (χ2n) is 5.24. The van der Waals surface area contributed by atoms with Crippen molar-refractivity contribution in [2.24, 2.45) is 0 Å². The molecule has 2 aromatic rings. The number of pyridine rings is 1. The number of morpholine rings is 1. The number of ether oxygens (including phenoxy) is 1. The van der Waals surface area contributed by atoms with E-state index in [1.165, 1.54) is 12.1 Å². The van der Waals surface area contributed by atoms with Crippen molar-refractivity contribution < 1.29 is 17.9 Å². The molecule has 122 valence electrons. The smallest absolute Gasteiger partial charge is 0.369 e. The molecule has 3 rings (SSSR count). The van der Waals surface area contributed by atoms with Crippen molar-refractivity contribution in [1.82, 2.24) is 10.3 Å². The molecule has 1 aromatic carbocycles. The van der Waals surface area contributed by atoms with Crippen molar-refractivity contribution in [2.75, 3.05) is 25.0 Å². The van der Waals surface area contributed by atoms with Gasteiger partial charge in [-0.2, -0.15) is 13.2 Å². The molecule has 1 atom stereocenters. The Morgan fingerprint density at radius 2 is 1.83 bits per heavy atom. The molecule has 0 spiro atoms. The molecule has 1 saturated heterocycles. The summed E-state index contributed by atoms with van der Waals surface area (Å²) in [6, 6.07) is 8.56. The van der Waals surface area contributed by atoms with Gasteiger partial charge in [-0.25, -0.2) is 0 Å². The Morgan fingerprint density at radius 1 is 1.09 bits per heavy atom. The Balaban J connectivity index is 1.66. The maximum Gasteiger partial charge on any atom is 0.416 e. The lowest BCUT2D eigenvalue weighted by atomic mass is 10.2. The third-order valence-electron chi connectivity index (χ3n) is 3.54. The van der Waals surface area contributed by atoms with Crippen LogP contribution in [-0.2, 0) is 10.9 Å². The molecule has 0 unspecified atom stereocenters. The molecule has 0 amide bonds. The van der Waals surface area contributed by atoms with Crippen molar-refractivity contribution in [3.05, 3.63) is 53.9 Å². The highest BCUT2D eigenvalue weighted by atomic mass is 19.4. The van der Waals surface area contributed by atoms with Crippen molar-refractivity contribution in [3.63, 3.8) is 0 Å². The van der Waals surface area contributed by atoms with Crippen molar-refractivity contribution in [2.45, 2.75) is 12.3 Å². The number of nitrogens with zero attached hydrogens (tertiary/aromatic N) is 1. The van der Waals surface area contributed by atoms with Crippen LogP contribution in [0.25, 0.3) is 0 Å². The maximum atomic E-state index is 12.5. The van der Waals surface area contributed by atoms with Crippen LogP contribution in [0.5, 0.6) is 0 Å². The van der Waals surface area contributed by atoms with Crippen LogP contribution in [0.1, 0.15) is 17.4 Å². The Kier molecular flexibility index (Phi) is 4.49. The molecular weight excluding hydrogens is 307 g/mol. The van der Waals surface area contributed by atoms with E-state index < -0.39 is 11.7 Å². The number of rotatable bonds is 3. The fourth-order valence-electron chi connectivity index (χ4n) is 2.33. The summed E-state index contributed by atoms with van der Waals surface area (Å²) in [5.74, 6) is 0. The molecule has 1 aliphatic heterocycles. The summed E-state index contributed by atoms with van der Waals surface area (Å²) in [6.07, 6.45) is -2.75. The van der Waals surface area contributed by atoms with E-state index in [2.05, 4.69) is 15.6 Å². The van der Waals surface area contributed by atoms with Crippen LogP contribution >= 0.6 is 0 Å². The maximum absolute atomic E-state index is 12.5. The first-order valence-electron chi connectivity index (χ1n) is 7.25. The van der Waals surface area contributed by atoms with Crippen LogP contribution in [0, 0.1) is 0 Å². The third kappa shape index (κ3) is 4.00. The molecule has 0 bridgehead atoms. The molecule has 4 nitrogen and oxygen atoms in total. The number of nitrogens with one attached hydrogen (secondary N) is 2. The fourth-order valence-corrected chi connectivity index (χ4v) is 2.33. The minimum Gasteiger partial charge on any atom is -0.369 e. The van der Waals surface area contributed by atoms with Crippen LogP contribution in [0.15, 0.2) is 42.6 Å². The Hall–Kier alpha value is -2.12. The minimum atomic E-state index is -4.32. The van der Waals surface area contributed by atoms with Gasteiger partial charge in [-0.15, -0.1) is 0 Å². The van der Waals surface area contributed by atoms with E-state index in [1.54, 1.807) is 6.20 Å². The average molecular weight is 323 g/mol. The summed E-state index contributed by atoms with van der Waals surface area (Å²) in [7, 11) is 0. The molecule has 1 fully saturated rings. The highest BCUT2D eigenvalue weighted by molar-refractivity contribution is 5.59. The van der Waals surface area contributed by atoms with Crippen molar-refractivity contribution >= 4 is 11.4 Å². The molecule has 0 radical (unpaired) electrons. The number of hydrogen-bond donors (Lipinski definition) is 2. The van der Waals surface area contributed by atoms with Gasteiger partial charge in [0.05, 0.1) is 29.7 Å². The predicted molar refractivity (Wildman–Crippen MR) is 80.5 cm³/mol. The van der Waals surface area contributed by atoms with E-state index in [0.29, 0.717) is 18.0 Å². The molecule has 2 heterocycles. The van der Waals surface area contributed by atoms with Gasteiger partial charge in [-0.1, -0.05) is 0 Å². The van der Waals surface area contributed by atoms with Gasteiger partial charge in [0.2, 0.25) is 0 Å². The molecule has 0 saturated carbocycles. The van der Waals surface area contributed by atoms with Gasteiger partial charge in [0, 0.05) is 18.8 Å². The van der Waals surface area contributed by atoms with Gasteiger partial charge in [0.25, 0.3) is 0 Å². The first-order chi connectivity index (χ1) is 11.0. The Labute approximate surface area is 131 Å². The number of aromatic nitrogens is 1. The van der Waals surface area contributed by atoms with Crippen molar-refractivity contribution in [3.8, 4) is 0 Å². The van der Waals surface area contributed by atoms with Gasteiger partial charge in [0.15, 0.2) is 0 Å². The molecular formula is C16H16F3N3O. The van der Waals surface area contributed by atoms with E-state index in [0.717, 1.165) is 30.9 Å². The van der Waals surface area contributed by atoms with Crippen LogP contribution in [0.3, 0.4) is 0 Å². The third-order valence-corrected chi connectivity index (χ3v) is 3.54. The largest absolute Gasteiger partial charge is 0.416 e.